The van der Waals surface area contributed by atoms with E-state index < -0.39 is 17.8 Å². The van der Waals surface area contributed by atoms with Crippen LogP contribution in [0.3, 0.4) is 0 Å². The van der Waals surface area contributed by atoms with E-state index in [4.69, 9.17) is 11.6 Å². The third-order valence-corrected chi connectivity index (χ3v) is 7.56. The van der Waals surface area contributed by atoms with Crippen molar-refractivity contribution in [2.45, 2.75) is 43.4 Å². The van der Waals surface area contributed by atoms with Gasteiger partial charge < -0.3 is 14.9 Å². The average molecular weight is 533 g/mol. The van der Waals surface area contributed by atoms with E-state index in [1.165, 1.54) is 12.1 Å². The zero-order valence-electron chi connectivity index (χ0n) is 20.1. The number of hydrogen-bond acceptors (Lipinski definition) is 3. The highest BCUT2D eigenvalue weighted by Crippen LogP contribution is 2.38. The number of piperidine rings is 2. The predicted molar refractivity (Wildman–Crippen MR) is 134 cm³/mol. The molecule has 3 heterocycles. The SMILES string of the molecule is O=C(N1CCC(O)CC1)N1CC(c2ccc(C(F)(F)F)cc2)CC(c2cc(-c3cccc(Cl)c3)n[nH]2)C1. The Labute approximate surface area is 218 Å². The van der Waals surface area contributed by atoms with Crippen LogP contribution in [0.4, 0.5) is 18.0 Å². The molecule has 2 aliphatic rings. The number of hydrogen-bond donors (Lipinski definition) is 2. The van der Waals surface area contributed by atoms with Gasteiger partial charge >= 0.3 is 12.2 Å². The topological polar surface area (TPSA) is 72.5 Å². The van der Waals surface area contributed by atoms with Crippen LogP contribution in [-0.2, 0) is 6.18 Å². The van der Waals surface area contributed by atoms with Gasteiger partial charge in [0.05, 0.1) is 17.4 Å². The van der Waals surface area contributed by atoms with Crippen molar-refractivity contribution in [1.82, 2.24) is 20.0 Å². The smallest absolute Gasteiger partial charge is 0.393 e. The predicted octanol–water partition coefficient (Wildman–Crippen LogP) is 5.90. The quantitative estimate of drug-likeness (QED) is 0.441. The van der Waals surface area contributed by atoms with Crippen LogP contribution >= 0.6 is 11.6 Å². The molecule has 2 N–H and O–H groups in total. The minimum atomic E-state index is -4.40. The maximum absolute atomic E-state index is 13.4. The van der Waals surface area contributed by atoms with Crippen LogP contribution in [0.2, 0.25) is 5.02 Å². The Balaban J connectivity index is 1.41. The number of amides is 2. The number of aliphatic hydroxyl groups excluding tert-OH is 1. The monoisotopic (exact) mass is 532 g/mol. The Bertz CT molecular complexity index is 1240. The van der Waals surface area contributed by atoms with Gasteiger partial charge in [-0.1, -0.05) is 35.9 Å². The van der Waals surface area contributed by atoms with Crippen molar-refractivity contribution < 1.29 is 23.1 Å². The molecule has 0 saturated carbocycles. The van der Waals surface area contributed by atoms with Gasteiger partial charge in [0.15, 0.2) is 0 Å². The van der Waals surface area contributed by atoms with Crippen LogP contribution in [0.25, 0.3) is 11.3 Å². The van der Waals surface area contributed by atoms with Crippen molar-refractivity contribution in [2.75, 3.05) is 26.2 Å². The Morgan fingerprint density at radius 3 is 2.38 bits per heavy atom. The molecule has 2 fully saturated rings. The maximum atomic E-state index is 13.4. The van der Waals surface area contributed by atoms with Crippen molar-refractivity contribution >= 4 is 17.6 Å². The van der Waals surface area contributed by atoms with Crippen molar-refractivity contribution in [2.24, 2.45) is 0 Å². The van der Waals surface area contributed by atoms with Gasteiger partial charge in [0.2, 0.25) is 0 Å². The number of rotatable bonds is 3. The molecule has 10 heteroatoms. The summed E-state index contributed by atoms with van der Waals surface area (Å²) < 4.78 is 39.4. The molecule has 2 saturated heterocycles. The highest BCUT2D eigenvalue weighted by molar-refractivity contribution is 6.30. The third-order valence-electron chi connectivity index (χ3n) is 7.32. The second-order valence-electron chi connectivity index (χ2n) is 9.87. The molecule has 3 aromatic rings. The molecule has 1 aromatic heterocycles. The number of carbonyl (C=O) groups excluding carboxylic acids is 1. The summed E-state index contributed by atoms with van der Waals surface area (Å²) in [6, 6.07) is 14.5. The molecule has 2 atom stereocenters. The van der Waals surface area contributed by atoms with Crippen molar-refractivity contribution in [3.63, 3.8) is 0 Å². The van der Waals surface area contributed by atoms with Crippen molar-refractivity contribution in [3.8, 4) is 11.3 Å². The van der Waals surface area contributed by atoms with Gasteiger partial charge in [0, 0.05) is 54.3 Å². The van der Waals surface area contributed by atoms with Crippen LogP contribution in [0.1, 0.15) is 47.9 Å². The maximum Gasteiger partial charge on any atom is 0.416 e. The second-order valence-corrected chi connectivity index (χ2v) is 10.3. The summed E-state index contributed by atoms with van der Waals surface area (Å²) in [5.74, 6) is -0.223. The van der Waals surface area contributed by atoms with Gasteiger partial charge in [-0.05, 0) is 55.2 Å². The number of carbonyl (C=O) groups is 1. The van der Waals surface area contributed by atoms with Gasteiger partial charge in [-0.15, -0.1) is 0 Å². The van der Waals surface area contributed by atoms with Gasteiger partial charge in [-0.2, -0.15) is 18.3 Å². The summed E-state index contributed by atoms with van der Waals surface area (Å²) in [4.78, 5) is 17.0. The van der Waals surface area contributed by atoms with E-state index in [-0.39, 0.29) is 17.9 Å². The number of aromatic amines is 1. The fraction of sp³-hybridized carbons (Fsp3) is 0.407. The van der Waals surface area contributed by atoms with Gasteiger partial charge in [-0.25, -0.2) is 4.79 Å². The lowest BCUT2D eigenvalue weighted by Gasteiger charge is -2.41. The van der Waals surface area contributed by atoms with Crippen LogP contribution in [-0.4, -0.2) is 63.4 Å². The highest BCUT2D eigenvalue weighted by atomic mass is 35.5. The molecular weight excluding hydrogens is 505 g/mol. The van der Waals surface area contributed by atoms with Crippen LogP contribution in [0.5, 0.6) is 0 Å². The summed E-state index contributed by atoms with van der Waals surface area (Å²) in [5.41, 5.74) is 2.53. The summed E-state index contributed by atoms with van der Waals surface area (Å²) in [6.45, 7) is 1.84. The summed E-state index contributed by atoms with van der Waals surface area (Å²) in [6.07, 6.45) is -3.07. The van der Waals surface area contributed by atoms with Crippen LogP contribution in [0.15, 0.2) is 54.6 Å². The number of aromatic nitrogens is 2. The van der Waals surface area contributed by atoms with Crippen molar-refractivity contribution in [3.05, 3.63) is 76.4 Å². The number of benzene rings is 2. The van der Waals surface area contributed by atoms with E-state index in [0.29, 0.717) is 50.5 Å². The number of nitrogens with zero attached hydrogens (tertiary/aromatic N) is 3. The van der Waals surface area contributed by atoms with E-state index in [1.54, 1.807) is 15.9 Å². The Morgan fingerprint density at radius 2 is 1.70 bits per heavy atom. The van der Waals surface area contributed by atoms with Crippen LogP contribution < -0.4 is 0 Å². The Hall–Kier alpha value is -3.04. The zero-order chi connectivity index (χ0) is 26.2. The molecule has 2 aromatic carbocycles. The standard InChI is InChI=1S/C27H28ClF3N4O2/c28-22-3-1-2-18(13-22)24-14-25(33-32-24)20-12-19(17-4-6-21(7-5-17)27(29,30)31)15-35(16-20)26(37)34-10-8-23(36)9-11-34/h1-7,13-14,19-20,23,36H,8-12,15-16H2,(H,32,33). The normalized spacial score (nSPS) is 21.3. The molecule has 2 aliphatic heterocycles. The molecule has 2 unspecified atom stereocenters. The van der Waals surface area contributed by atoms with E-state index in [2.05, 4.69) is 10.2 Å². The first-order chi connectivity index (χ1) is 17.7. The van der Waals surface area contributed by atoms with E-state index in [0.717, 1.165) is 34.6 Å². The first kappa shape index (κ1) is 25.6. The minimum absolute atomic E-state index is 0.0826. The largest absolute Gasteiger partial charge is 0.416 e. The Morgan fingerprint density at radius 1 is 1.00 bits per heavy atom. The number of aliphatic hydroxyl groups is 1. The lowest BCUT2D eigenvalue weighted by atomic mass is 9.82. The van der Waals surface area contributed by atoms with E-state index in [9.17, 15) is 23.1 Å². The fourth-order valence-electron chi connectivity index (χ4n) is 5.26. The third kappa shape index (κ3) is 5.78. The van der Waals surface area contributed by atoms with Gasteiger partial charge in [0.25, 0.3) is 0 Å². The highest BCUT2D eigenvalue weighted by Gasteiger charge is 2.36. The summed E-state index contributed by atoms with van der Waals surface area (Å²) in [5, 5.41) is 18.0. The number of likely N-dealkylation sites (tertiary alicyclic amines) is 2. The molecule has 196 valence electrons. The molecular formula is C27H28ClF3N4O2. The van der Waals surface area contributed by atoms with E-state index in [1.807, 2.05) is 24.3 Å². The lowest BCUT2D eigenvalue weighted by Crippen LogP contribution is -2.51. The van der Waals surface area contributed by atoms with Crippen LogP contribution in [0, 0.1) is 0 Å². The second kappa shape index (κ2) is 10.4. The molecule has 0 bridgehead atoms. The van der Waals surface area contributed by atoms with Gasteiger partial charge in [0.1, 0.15) is 0 Å². The first-order valence-electron chi connectivity index (χ1n) is 12.4. The molecule has 5 rings (SSSR count). The zero-order valence-corrected chi connectivity index (χ0v) is 20.8. The molecule has 0 spiro atoms. The number of nitrogens with one attached hydrogen (secondary N) is 1. The average Bonchev–Trinajstić information content (AvgIpc) is 3.39. The number of halogens is 4. The van der Waals surface area contributed by atoms with E-state index >= 15 is 0 Å². The molecule has 0 aliphatic carbocycles. The summed E-state index contributed by atoms with van der Waals surface area (Å²) >= 11 is 6.14. The minimum Gasteiger partial charge on any atom is -0.393 e. The fourth-order valence-corrected chi connectivity index (χ4v) is 5.46. The van der Waals surface area contributed by atoms with Crippen molar-refractivity contribution in [1.29, 1.82) is 0 Å². The number of H-pyrrole nitrogens is 1. The number of urea groups is 1. The van der Waals surface area contributed by atoms with Gasteiger partial charge in [-0.3, -0.25) is 5.10 Å². The summed E-state index contributed by atoms with van der Waals surface area (Å²) in [7, 11) is 0. The first-order valence-corrected chi connectivity index (χ1v) is 12.8. The Kier molecular flexibility index (Phi) is 7.18. The molecule has 2 amide bonds. The molecule has 37 heavy (non-hydrogen) atoms. The number of alkyl halides is 3. The lowest BCUT2D eigenvalue weighted by molar-refractivity contribution is -0.137. The molecule has 6 nitrogen and oxygen atoms in total. The molecule has 0 radical (unpaired) electrons.